The van der Waals surface area contributed by atoms with Crippen LogP contribution in [0.25, 0.3) is 22.5 Å². The second-order valence-corrected chi connectivity index (χ2v) is 4.78. The molecule has 0 radical (unpaired) electrons. The molecule has 21 heavy (non-hydrogen) atoms. The van der Waals surface area contributed by atoms with Gasteiger partial charge in [0, 0.05) is 35.7 Å². The number of benzene rings is 1. The van der Waals surface area contributed by atoms with E-state index in [2.05, 4.69) is 9.97 Å². The van der Waals surface area contributed by atoms with E-state index in [-0.39, 0.29) is 0 Å². The standard InChI is InChI=1S/C17H16N3O/c1-20-9-7-13(8-10-20)15-11-18-17(19-12-15)14-3-5-16(21-2)6-4-14/h3-12H,1-2H3/q+1. The maximum absolute atomic E-state index is 5.15. The lowest BCUT2D eigenvalue weighted by atomic mass is 10.1. The zero-order valence-electron chi connectivity index (χ0n) is 12.0. The molecule has 0 bridgehead atoms. The minimum Gasteiger partial charge on any atom is -0.497 e. The highest BCUT2D eigenvalue weighted by molar-refractivity contribution is 5.63. The molecule has 0 aliphatic rings. The normalized spacial score (nSPS) is 10.4. The SMILES string of the molecule is COc1ccc(-c2ncc(-c3cc[n+](C)cc3)cn2)cc1. The molecule has 4 heteroatoms. The van der Waals surface area contributed by atoms with Gasteiger partial charge in [-0.15, -0.1) is 0 Å². The molecule has 0 fully saturated rings. The minimum atomic E-state index is 0.711. The van der Waals surface area contributed by atoms with Crippen LogP contribution >= 0.6 is 0 Å². The first-order chi connectivity index (χ1) is 10.3. The molecule has 2 heterocycles. The summed E-state index contributed by atoms with van der Waals surface area (Å²) in [4.78, 5) is 8.89. The van der Waals surface area contributed by atoms with Gasteiger partial charge >= 0.3 is 0 Å². The fourth-order valence-corrected chi connectivity index (χ4v) is 2.06. The van der Waals surface area contributed by atoms with Crippen LogP contribution in [0.1, 0.15) is 0 Å². The van der Waals surface area contributed by atoms with Crippen molar-refractivity contribution in [1.29, 1.82) is 0 Å². The molecule has 0 unspecified atom stereocenters. The largest absolute Gasteiger partial charge is 0.497 e. The van der Waals surface area contributed by atoms with Crippen molar-refractivity contribution in [3.8, 4) is 28.3 Å². The molecule has 0 atom stereocenters. The zero-order valence-corrected chi connectivity index (χ0v) is 12.0. The minimum absolute atomic E-state index is 0.711. The molecular weight excluding hydrogens is 262 g/mol. The third kappa shape index (κ3) is 2.89. The summed E-state index contributed by atoms with van der Waals surface area (Å²) >= 11 is 0. The third-order valence-electron chi connectivity index (χ3n) is 3.31. The van der Waals surface area contributed by atoms with Crippen molar-refractivity contribution in [3.05, 3.63) is 61.2 Å². The van der Waals surface area contributed by atoms with Crippen molar-refractivity contribution in [2.24, 2.45) is 7.05 Å². The van der Waals surface area contributed by atoms with Gasteiger partial charge in [-0.25, -0.2) is 14.5 Å². The second kappa shape index (κ2) is 5.71. The maximum atomic E-state index is 5.15. The van der Waals surface area contributed by atoms with Crippen molar-refractivity contribution < 1.29 is 9.30 Å². The summed E-state index contributed by atoms with van der Waals surface area (Å²) < 4.78 is 7.14. The van der Waals surface area contributed by atoms with E-state index in [1.165, 1.54) is 0 Å². The molecule has 0 aliphatic heterocycles. The Balaban J connectivity index is 1.87. The van der Waals surface area contributed by atoms with Crippen molar-refractivity contribution in [3.63, 3.8) is 0 Å². The molecule has 0 saturated carbocycles. The second-order valence-electron chi connectivity index (χ2n) is 4.78. The van der Waals surface area contributed by atoms with Crippen LogP contribution in [-0.2, 0) is 7.05 Å². The van der Waals surface area contributed by atoms with Gasteiger partial charge in [0.25, 0.3) is 0 Å². The van der Waals surface area contributed by atoms with Crippen LogP contribution in [0.5, 0.6) is 5.75 Å². The first-order valence-corrected chi connectivity index (χ1v) is 6.68. The summed E-state index contributed by atoms with van der Waals surface area (Å²) in [5.41, 5.74) is 3.09. The Bertz CT molecular complexity index is 719. The number of hydrogen-bond acceptors (Lipinski definition) is 3. The molecule has 0 aliphatic carbocycles. The highest BCUT2D eigenvalue weighted by Crippen LogP contribution is 2.21. The van der Waals surface area contributed by atoms with Gasteiger partial charge in [0.05, 0.1) is 7.11 Å². The number of hydrogen-bond donors (Lipinski definition) is 0. The molecule has 3 aromatic rings. The van der Waals surface area contributed by atoms with E-state index in [0.717, 1.165) is 22.4 Å². The van der Waals surface area contributed by atoms with E-state index in [4.69, 9.17) is 4.74 Å². The quantitative estimate of drug-likeness (QED) is 0.691. The number of ether oxygens (including phenoxy) is 1. The number of pyridine rings is 1. The molecular formula is C17H16N3O+. The predicted octanol–water partition coefficient (Wildman–Crippen LogP) is 2.64. The number of aromatic nitrogens is 3. The molecule has 2 aromatic heterocycles. The van der Waals surface area contributed by atoms with Crippen LogP contribution in [-0.4, -0.2) is 17.1 Å². The Morgan fingerprint density at radius 2 is 1.43 bits per heavy atom. The van der Waals surface area contributed by atoms with Gasteiger partial charge in [-0.1, -0.05) is 0 Å². The lowest BCUT2D eigenvalue weighted by Gasteiger charge is -2.04. The van der Waals surface area contributed by atoms with Crippen LogP contribution in [0.2, 0.25) is 0 Å². The van der Waals surface area contributed by atoms with Crippen LogP contribution in [0.4, 0.5) is 0 Å². The summed E-state index contributed by atoms with van der Waals surface area (Å²) in [5, 5.41) is 0. The Morgan fingerprint density at radius 1 is 0.810 bits per heavy atom. The van der Waals surface area contributed by atoms with E-state index >= 15 is 0 Å². The summed E-state index contributed by atoms with van der Waals surface area (Å²) in [6.07, 6.45) is 7.71. The van der Waals surface area contributed by atoms with Gasteiger partial charge < -0.3 is 4.74 Å². The van der Waals surface area contributed by atoms with Crippen molar-refractivity contribution in [2.75, 3.05) is 7.11 Å². The van der Waals surface area contributed by atoms with E-state index in [1.807, 2.05) is 72.8 Å². The molecule has 0 N–H and O–H groups in total. The van der Waals surface area contributed by atoms with E-state index < -0.39 is 0 Å². The van der Waals surface area contributed by atoms with Crippen molar-refractivity contribution in [2.45, 2.75) is 0 Å². The first-order valence-electron chi connectivity index (χ1n) is 6.68. The van der Waals surface area contributed by atoms with Gasteiger partial charge in [0.1, 0.15) is 12.8 Å². The van der Waals surface area contributed by atoms with E-state index in [1.54, 1.807) is 7.11 Å². The lowest BCUT2D eigenvalue weighted by Crippen LogP contribution is -2.25. The Kier molecular flexibility index (Phi) is 3.60. The lowest BCUT2D eigenvalue weighted by molar-refractivity contribution is -0.671. The number of methoxy groups -OCH3 is 1. The van der Waals surface area contributed by atoms with Crippen LogP contribution in [0.3, 0.4) is 0 Å². The van der Waals surface area contributed by atoms with E-state index in [9.17, 15) is 0 Å². The Hall–Kier alpha value is -2.75. The van der Waals surface area contributed by atoms with Gasteiger partial charge in [0.15, 0.2) is 18.2 Å². The molecule has 1 aromatic carbocycles. The summed E-state index contributed by atoms with van der Waals surface area (Å²) in [5.74, 6) is 1.54. The molecule has 0 amide bonds. The molecule has 0 saturated heterocycles. The van der Waals surface area contributed by atoms with Crippen molar-refractivity contribution in [1.82, 2.24) is 9.97 Å². The fourth-order valence-electron chi connectivity index (χ4n) is 2.06. The third-order valence-corrected chi connectivity index (χ3v) is 3.31. The molecule has 104 valence electrons. The van der Waals surface area contributed by atoms with Gasteiger partial charge in [0.2, 0.25) is 0 Å². The first kappa shape index (κ1) is 13.2. The Labute approximate surface area is 123 Å². The van der Waals surface area contributed by atoms with Gasteiger partial charge in [-0.05, 0) is 29.8 Å². The van der Waals surface area contributed by atoms with Crippen LogP contribution < -0.4 is 9.30 Å². The Morgan fingerprint density at radius 3 is 2.00 bits per heavy atom. The zero-order chi connectivity index (χ0) is 14.7. The van der Waals surface area contributed by atoms with Gasteiger partial charge in [-0.3, -0.25) is 0 Å². The number of aryl methyl sites for hydroxylation is 1. The predicted molar refractivity (Wildman–Crippen MR) is 80.6 cm³/mol. The molecule has 3 rings (SSSR count). The summed E-state index contributed by atoms with van der Waals surface area (Å²) in [6, 6.07) is 11.8. The van der Waals surface area contributed by atoms with Crippen molar-refractivity contribution >= 4 is 0 Å². The highest BCUT2D eigenvalue weighted by Gasteiger charge is 2.04. The summed E-state index contributed by atoms with van der Waals surface area (Å²) in [7, 11) is 3.65. The number of nitrogens with zero attached hydrogens (tertiary/aromatic N) is 3. The fraction of sp³-hybridized carbons (Fsp3) is 0.118. The highest BCUT2D eigenvalue weighted by atomic mass is 16.5. The average Bonchev–Trinajstić information content (AvgIpc) is 2.56. The average molecular weight is 278 g/mol. The number of rotatable bonds is 3. The van der Waals surface area contributed by atoms with Crippen LogP contribution in [0.15, 0.2) is 61.2 Å². The topological polar surface area (TPSA) is 38.9 Å². The smallest absolute Gasteiger partial charge is 0.169 e. The van der Waals surface area contributed by atoms with Crippen LogP contribution in [0, 0.1) is 0 Å². The van der Waals surface area contributed by atoms with Gasteiger partial charge in [-0.2, -0.15) is 0 Å². The maximum Gasteiger partial charge on any atom is 0.169 e. The molecule has 4 nitrogen and oxygen atoms in total. The van der Waals surface area contributed by atoms with E-state index in [0.29, 0.717) is 5.82 Å². The molecule has 0 spiro atoms. The summed E-state index contributed by atoms with van der Waals surface area (Å²) in [6.45, 7) is 0. The monoisotopic (exact) mass is 278 g/mol.